The maximum atomic E-state index is 5.20. The molecule has 0 N–H and O–H groups in total. The van der Waals surface area contributed by atoms with E-state index in [1.54, 1.807) is 0 Å². The topological polar surface area (TPSA) is 90.2 Å². The highest BCUT2D eigenvalue weighted by atomic mass is 15.0. The maximum Gasteiger partial charge on any atom is 0.164 e. The smallest absolute Gasteiger partial charge is 0.164 e. The first-order chi connectivity index (χ1) is 30.5. The second-order valence-corrected chi connectivity index (χ2v) is 15.1. The van der Waals surface area contributed by atoms with E-state index < -0.39 is 0 Å². The van der Waals surface area contributed by atoms with Crippen molar-refractivity contribution in [3.8, 4) is 102 Å². The molecule has 10 rings (SSSR count). The minimum absolute atomic E-state index is 0.571. The number of pyridine rings is 1. The van der Waals surface area contributed by atoms with Crippen molar-refractivity contribution in [1.82, 2.24) is 34.9 Å². The van der Waals surface area contributed by atoms with E-state index in [-0.39, 0.29) is 0 Å². The van der Waals surface area contributed by atoms with Gasteiger partial charge in [-0.15, -0.1) is 0 Å². The summed E-state index contributed by atoms with van der Waals surface area (Å²) in [5.41, 5.74) is 13.4. The number of benzene rings is 7. The second-order valence-electron chi connectivity index (χ2n) is 15.1. The Bertz CT molecular complexity index is 3190. The van der Waals surface area contributed by atoms with Crippen LogP contribution in [0.25, 0.3) is 102 Å². The van der Waals surface area contributed by atoms with Crippen LogP contribution in [0.4, 0.5) is 0 Å². The minimum atomic E-state index is 0.571. The molecular weight excluding hydrogens is 759 g/mol. The quantitative estimate of drug-likeness (QED) is 0.144. The molecule has 0 radical (unpaired) electrons. The highest BCUT2D eigenvalue weighted by Crippen LogP contribution is 2.43. The van der Waals surface area contributed by atoms with Gasteiger partial charge in [0.05, 0.1) is 5.69 Å². The fraction of sp³-hybridized carbons (Fsp3) is 0.0364. The molecule has 3 heterocycles. The Balaban J connectivity index is 1.20. The number of rotatable bonds is 9. The normalized spacial score (nSPS) is 11.1. The van der Waals surface area contributed by atoms with Crippen molar-refractivity contribution in [2.75, 3.05) is 0 Å². The van der Waals surface area contributed by atoms with Crippen LogP contribution in [0.15, 0.2) is 200 Å². The van der Waals surface area contributed by atoms with Crippen molar-refractivity contribution in [1.29, 1.82) is 0 Å². The predicted molar refractivity (Wildman–Crippen MR) is 249 cm³/mol. The third kappa shape index (κ3) is 7.78. The standard InChI is InChI=1S/C55H39N7/c1-36-27-29-40(30-28-36)52-57-50(38-17-5-3-6-18-38)59-54(61-52)46-24-11-9-22-43(46)45-32-31-41(49-26-13-14-33-56-49)35-48(45)44-23-10-12-25-47(44)55-60-51(39-19-7-4-8-20-39)58-53(62-55)42-21-15-16-37(2)34-42/h3-35H,1-2H3. The van der Waals surface area contributed by atoms with Gasteiger partial charge in [-0.3, -0.25) is 4.98 Å². The van der Waals surface area contributed by atoms with Crippen molar-refractivity contribution in [3.63, 3.8) is 0 Å². The molecule has 7 aromatic carbocycles. The van der Waals surface area contributed by atoms with Crippen LogP contribution >= 0.6 is 0 Å². The van der Waals surface area contributed by atoms with Gasteiger partial charge in [-0.1, -0.05) is 181 Å². The molecule has 0 saturated heterocycles. The summed E-state index contributed by atoms with van der Waals surface area (Å²) < 4.78 is 0. The van der Waals surface area contributed by atoms with Gasteiger partial charge in [0.2, 0.25) is 0 Å². The van der Waals surface area contributed by atoms with E-state index in [0.717, 1.165) is 72.5 Å². The van der Waals surface area contributed by atoms with Gasteiger partial charge in [0.15, 0.2) is 34.9 Å². The lowest BCUT2D eigenvalue weighted by atomic mass is 9.87. The Morgan fingerprint density at radius 3 is 1.24 bits per heavy atom. The summed E-state index contributed by atoms with van der Waals surface area (Å²) in [6.07, 6.45) is 1.83. The summed E-state index contributed by atoms with van der Waals surface area (Å²) in [5.74, 6) is 3.56. The lowest BCUT2D eigenvalue weighted by molar-refractivity contribution is 1.07. The van der Waals surface area contributed by atoms with Gasteiger partial charge >= 0.3 is 0 Å². The molecule has 0 saturated carbocycles. The summed E-state index contributed by atoms with van der Waals surface area (Å²) >= 11 is 0. The first-order valence-electron chi connectivity index (χ1n) is 20.6. The van der Waals surface area contributed by atoms with E-state index in [9.17, 15) is 0 Å². The zero-order chi connectivity index (χ0) is 41.8. The largest absolute Gasteiger partial charge is 0.256 e. The van der Waals surface area contributed by atoms with Gasteiger partial charge in [0, 0.05) is 45.1 Å². The average Bonchev–Trinajstić information content (AvgIpc) is 3.34. The third-order valence-electron chi connectivity index (χ3n) is 10.8. The highest BCUT2D eigenvalue weighted by Gasteiger charge is 2.22. The fourth-order valence-corrected chi connectivity index (χ4v) is 7.69. The monoisotopic (exact) mass is 797 g/mol. The van der Waals surface area contributed by atoms with Gasteiger partial charge in [0.25, 0.3) is 0 Å². The molecule has 0 atom stereocenters. The number of aromatic nitrogens is 7. The summed E-state index contributed by atoms with van der Waals surface area (Å²) in [4.78, 5) is 35.5. The zero-order valence-electron chi connectivity index (χ0n) is 34.2. The maximum absolute atomic E-state index is 5.20. The SMILES string of the molecule is Cc1ccc(-c2nc(-c3ccccc3)nc(-c3ccccc3-c3ccc(-c4ccccn4)cc3-c3ccccc3-c3nc(-c4ccccc4)nc(-c4cccc(C)c4)n3)n2)cc1. The van der Waals surface area contributed by atoms with Crippen molar-refractivity contribution >= 4 is 0 Å². The van der Waals surface area contributed by atoms with E-state index in [2.05, 4.69) is 105 Å². The van der Waals surface area contributed by atoms with Gasteiger partial charge < -0.3 is 0 Å². The highest BCUT2D eigenvalue weighted by molar-refractivity contribution is 5.96. The van der Waals surface area contributed by atoms with Crippen molar-refractivity contribution in [3.05, 3.63) is 211 Å². The van der Waals surface area contributed by atoms with E-state index >= 15 is 0 Å². The van der Waals surface area contributed by atoms with Crippen LogP contribution in [0.3, 0.4) is 0 Å². The van der Waals surface area contributed by atoms with Crippen molar-refractivity contribution in [2.45, 2.75) is 13.8 Å². The third-order valence-corrected chi connectivity index (χ3v) is 10.8. The number of aryl methyl sites for hydroxylation is 2. The van der Waals surface area contributed by atoms with E-state index in [1.165, 1.54) is 5.56 Å². The van der Waals surface area contributed by atoms with Gasteiger partial charge in [-0.05, 0) is 60.4 Å². The summed E-state index contributed by atoms with van der Waals surface area (Å²) in [5, 5.41) is 0. The average molecular weight is 798 g/mol. The molecule has 0 amide bonds. The lowest BCUT2D eigenvalue weighted by Gasteiger charge is -2.18. The molecule has 0 unspecified atom stereocenters. The van der Waals surface area contributed by atoms with E-state index in [4.69, 9.17) is 34.9 Å². The molecule has 7 nitrogen and oxygen atoms in total. The summed E-state index contributed by atoms with van der Waals surface area (Å²) in [6, 6.07) is 65.9. The van der Waals surface area contributed by atoms with Crippen LogP contribution in [0.1, 0.15) is 11.1 Å². The molecular formula is C55H39N7. The Morgan fingerprint density at radius 1 is 0.258 bits per heavy atom. The molecule has 3 aromatic heterocycles. The number of hydrogen-bond donors (Lipinski definition) is 0. The van der Waals surface area contributed by atoms with Crippen LogP contribution in [-0.2, 0) is 0 Å². The van der Waals surface area contributed by atoms with E-state index in [1.807, 2.05) is 109 Å². The van der Waals surface area contributed by atoms with Crippen LogP contribution in [-0.4, -0.2) is 34.9 Å². The van der Waals surface area contributed by atoms with Crippen LogP contribution in [0, 0.1) is 13.8 Å². The fourth-order valence-electron chi connectivity index (χ4n) is 7.69. The van der Waals surface area contributed by atoms with Crippen LogP contribution in [0.2, 0.25) is 0 Å². The molecule has 294 valence electrons. The van der Waals surface area contributed by atoms with E-state index in [0.29, 0.717) is 34.9 Å². The Hall–Kier alpha value is -8.29. The first kappa shape index (κ1) is 37.9. The Kier molecular flexibility index (Phi) is 10.3. The molecule has 62 heavy (non-hydrogen) atoms. The molecule has 0 fully saturated rings. The van der Waals surface area contributed by atoms with Gasteiger partial charge in [-0.2, -0.15) is 0 Å². The number of nitrogens with zero attached hydrogens (tertiary/aromatic N) is 7. The molecule has 0 bridgehead atoms. The molecule has 10 aromatic rings. The van der Waals surface area contributed by atoms with Gasteiger partial charge in [0.1, 0.15) is 0 Å². The molecule has 0 aliphatic heterocycles. The predicted octanol–water partition coefficient (Wildman–Crippen LogP) is 13.1. The molecule has 0 aliphatic rings. The van der Waals surface area contributed by atoms with Gasteiger partial charge in [-0.25, -0.2) is 29.9 Å². The number of hydrogen-bond acceptors (Lipinski definition) is 7. The summed E-state index contributed by atoms with van der Waals surface area (Å²) in [7, 11) is 0. The van der Waals surface area contributed by atoms with Crippen molar-refractivity contribution in [2.24, 2.45) is 0 Å². The molecule has 0 aliphatic carbocycles. The van der Waals surface area contributed by atoms with Crippen molar-refractivity contribution < 1.29 is 0 Å². The first-order valence-corrected chi connectivity index (χ1v) is 20.6. The Labute approximate surface area is 360 Å². The second kappa shape index (κ2) is 16.8. The zero-order valence-corrected chi connectivity index (χ0v) is 34.2. The molecule has 0 spiro atoms. The van der Waals surface area contributed by atoms with Crippen LogP contribution < -0.4 is 0 Å². The molecule has 7 heteroatoms. The lowest BCUT2D eigenvalue weighted by Crippen LogP contribution is -2.02. The minimum Gasteiger partial charge on any atom is -0.256 e. The van der Waals surface area contributed by atoms with Crippen LogP contribution in [0.5, 0.6) is 0 Å². The Morgan fingerprint density at radius 2 is 0.694 bits per heavy atom. The summed E-state index contributed by atoms with van der Waals surface area (Å²) in [6.45, 7) is 4.16.